The van der Waals surface area contributed by atoms with Crippen LogP contribution in [0.3, 0.4) is 0 Å². The Bertz CT molecular complexity index is 519. The highest BCUT2D eigenvalue weighted by Gasteiger charge is 2.07. The Kier molecular flexibility index (Phi) is 3.06. The van der Waals surface area contributed by atoms with E-state index in [1.54, 1.807) is 18.3 Å². The number of rotatable bonds is 3. The van der Waals surface area contributed by atoms with Crippen LogP contribution in [-0.4, -0.2) is 15.8 Å². The molecule has 1 aromatic heterocycles. The van der Waals surface area contributed by atoms with Crippen molar-refractivity contribution in [2.75, 3.05) is 0 Å². The predicted octanol–water partition coefficient (Wildman–Crippen LogP) is 3.04. The molecule has 0 aliphatic heterocycles. The lowest BCUT2D eigenvalue weighted by atomic mass is 10.1. The van der Waals surface area contributed by atoms with Gasteiger partial charge in [0.1, 0.15) is 5.82 Å². The number of benzene rings is 1. The molecule has 0 saturated heterocycles. The monoisotopic (exact) mass is 234 g/mol. The topological polar surface area (TPSA) is 34.9 Å². The van der Waals surface area contributed by atoms with Gasteiger partial charge in [-0.25, -0.2) is 4.98 Å². The SMILES string of the molecule is CCn1ccnc1-c1ccc(Cl)c(C=O)c1. The average molecular weight is 235 g/mol. The normalized spacial score (nSPS) is 10.4. The number of halogens is 1. The van der Waals surface area contributed by atoms with Gasteiger partial charge >= 0.3 is 0 Å². The smallest absolute Gasteiger partial charge is 0.151 e. The zero-order valence-electron chi connectivity index (χ0n) is 8.85. The zero-order valence-corrected chi connectivity index (χ0v) is 9.61. The van der Waals surface area contributed by atoms with Crippen LogP contribution in [0.1, 0.15) is 17.3 Å². The van der Waals surface area contributed by atoms with Gasteiger partial charge in [-0.3, -0.25) is 4.79 Å². The molecule has 0 radical (unpaired) electrons. The van der Waals surface area contributed by atoms with Gasteiger partial charge in [-0.05, 0) is 25.1 Å². The van der Waals surface area contributed by atoms with Crippen molar-refractivity contribution >= 4 is 17.9 Å². The number of carbonyl (C=O) groups is 1. The molecule has 0 unspecified atom stereocenters. The van der Waals surface area contributed by atoms with Gasteiger partial charge in [-0.2, -0.15) is 0 Å². The summed E-state index contributed by atoms with van der Waals surface area (Å²) < 4.78 is 2.01. The molecule has 0 bridgehead atoms. The Morgan fingerprint density at radius 2 is 2.31 bits per heavy atom. The molecular weight excluding hydrogens is 224 g/mol. The van der Waals surface area contributed by atoms with Crippen LogP contribution < -0.4 is 0 Å². The molecule has 0 spiro atoms. The van der Waals surface area contributed by atoms with E-state index < -0.39 is 0 Å². The molecule has 2 aromatic rings. The minimum Gasteiger partial charge on any atom is -0.331 e. The Morgan fingerprint density at radius 3 is 3.00 bits per heavy atom. The van der Waals surface area contributed by atoms with E-state index in [0.29, 0.717) is 10.6 Å². The van der Waals surface area contributed by atoms with Crippen molar-refractivity contribution < 1.29 is 4.79 Å². The van der Waals surface area contributed by atoms with Crippen LogP contribution in [0.2, 0.25) is 5.02 Å². The van der Waals surface area contributed by atoms with Crippen LogP contribution in [0.25, 0.3) is 11.4 Å². The van der Waals surface area contributed by atoms with Crippen LogP contribution in [0, 0.1) is 0 Å². The lowest BCUT2D eigenvalue weighted by molar-refractivity contribution is 0.112. The quantitative estimate of drug-likeness (QED) is 0.766. The maximum Gasteiger partial charge on any atom is 0.151 e. The first-order valence-corrected chi connectivity index (χ1v) is 5.40. The number of aldehydes is 1. The van der Waals surface area contributed by atoms with E-state index in [2.05, 4.69) is 4.98 Å². The Balaban J connectivity index is 2.52. The van der Waals surface area contributed by atoms with Crippen molar-refractivity contribution in [3.63, 3.8) is 0 Å². The van der Waals surface area contributed by atoms with Crippen molar-refractivity contribution in [1.29, 1.82) is 0 Å². The molecular formula is C12H11ClN2O. The van der Waals surface area contributed by atoms with E-state index in [4.69, 9.17) is 11.6 Å². The minimum atomic E-state index is 0.466. The van der Waals surface area contributed by atoms with Crippen molar-refractivity contribution in [3.8, 4) is 11.4 Å². The summed E-state index contributed by atoms with van der Waals surface area (Å²) in [4.78, 5) is 15.1. The Morgan fingerprint density at radius 1 is 1.50 bits per heavy atom. The van der Waals surface area contributed by atoms with Gasteiger partial charge in [0.2, 0.25) is 0 Å². The molecule has 0 fully saturated rings. The van der Waals surface area contributed by atoms with Gasteiger partial charge in [0.25, 0.3) is 0 Å². The van der Waals surface area contributed by atoms with E-state index in [1.807, 2.05) is 23.8 Å². The number of nitrogens with zero attached hydrogens (tertiary/aromatic N) is 2. The first kappa shape index (κ1) is 10.9. The van der Waals surface area contributed by atoms with E-state index >= 15 is 0 Å². The van der Waals surface area contributed by atoms with Gasteiger partial charge in [-0.1, -0.05) is 11.6 Å². The standard InChI is InChI=1S/C12H11ClN2O/c1-2-15-6-5-14-12(15)9-3-4-11(13)10(7-9)8-16/h3-8H,2H2,1H3. The largest absolute Gasteiger partial charge is 0.331 e. The Hall–Kier alpha value is -1.61. The predicted molar refractivity (Wildman–Crippen MR) is 63.7 cm³/mol. The molecule has 0 N–H and O–H groups in total. The second-order valence-corrected chi connectivity index (χ2v) is 3.80. The van der Waals surface area contributed by atoms with Gasteiger partial charge in [-0.15, -0.1) is 0 Å². The van der Waals surface area contributed by atoms with Crippen LogP contribution in [-0.2, 0) is 6.54 Å². The Labute approximate surface area is 98.7 Å². The molecule has 82 valence electrons. The molecule has 2 rings (SSSR count). The van der Waals surface area contributed by atoms with Gasteiger partial charge in [0, 0.05) is 30.1 Å². The van der Waals surface area contributed by atoms with E-state index in [9.17, 15) is 4.79 Å². The molecule has 16 heavy (non-hydrogen) atoms. The molecule has 1 heterocycles. The van der Waals surface area contributed by atoms with E-state index in [1.165, 1.54) is 0 Å². The lowest BCUT2D eigenvalue weighted by Crippen LogP contribution is -1.96. The summed E-state index contributed by atoms with van der Waals surface area (Å²) in [7, 11) is 0. The summed E-state index contributed by atoms with van der Waals surface area (Å²) >= 11 is 5.87. The third-order valence-corrected chi connectivity index (χ3v) is 2.78. The zero-order chi connectivity index (χ0) is 11.5. The fourth-order valence-corrected chi connectivity index (χ4v) is 1.76. The van der Waals surface area contributed by atoms with Crippen LogP contribution >= 0.6 is 11.6 Å². The number of aryl methyl sites for hydroxylation is 1. The third-order valence-electron chi connectivity index (χ3n) is 2.44. The lowest BCUT2D eigenvalue weighted by Gasteiger charge is -2.05. The maximum absolute atomic E-state index is 10.8. The highest BCUT2D eigenvalue weighted by Crippen LogP contribution is 2.23. The average Bonchev–Trinajstić information content (AvgIpc) is 2.78. The van der Waals surface area contributed by atoms with Gasteiger partial charge < -0.3 is 4.57 Å². The fraction of sp³-hybridized carbons (Fsp3) is 0.167. The van der Waals surface area contributed by atoms with Crippen molar-refractivity contribution in [3.05, 3.63) is 41.2 Å². The second-order valence-electron chi connectivity index (χ2n) is 3.39. The van der Waals surface area contributed by atoms with Gasteiger partial charge in [0.15, 0.2) is 6.29 Å². The van der Waals surface area contributed by atoms with Crippen molar-refractivity contribution in [2.24, 2.45) is 0 Å². The molecule has 0 amide bonds. The molecule has 0 aliphatic carbocycles. The summed E-state index contributed by atoms with van der Waals surface area (Å²) in [6.45, 7) is 2.89. The third kappa shape index (κ3) is 1.86. The van der Waals surface area contributed by atoms with Crippen molar-refractivity contribution in [1.82, 2.24) is 9.55 Å². The van der Waals surface area contributed by atoms with Gasteiger partial charge in [0.05, 0.1) is 5.02 Å². The summed E-state index contributed by atoms with van der Waals surface area (Å²) in [6.07, 6.45) is 4.41. The summed E-state index contributed by atoms with van der Waals surface area (Å²) in [6, 6.07) is 5.34. The molecule has 4 heteroatoms. The van der Waals surface area contributed by atoms with E-state index in [-0.39, 0.29) is 0 Å². The minimum absolute atomic E-state index is 0.466. The van der Waals surface area contributed by atoms with Crippen LogP contribution in [0.5, 0.6) is 0 Å². The number of hydrogen-bond acceptors (Lipinski definition) is 2. The molecule has 3 nitrogen and oxygen atoms in total. The van der Waals surface area contributed by atoms with Crippen LogP contribution in [0.15, 0.2) is 30.6 Å². The number of imidazole rings is 1. The fourth-order valence-electron chi connectivity index (χ4n) is 1.60. The first-order valence-electron chi connectivity index (χ1n) is 5.02. The van der Waals surface area contributed by atoms with Crippen molar-refractivity contribution in [2.45, 2.75) is 13.5 Å². The molecule has 0 saturated carbocycles. The molecule has 0 atom stereocenters. The number of aromatic nitrogens is 2. The maximum atomic E-state index is 10.8. The summed E-state index contributed by atoms with van der Waals surface area (Å²) in [5.41, 5.74) is 1.39. The molecule has 0 aliphatic rings. The highest BCUT2D eigenvalue weighted by atomic mass is 35.5. The van der Waals surface area contributed by atoms with E-state index in [0.717, 1.165) is 24.2 Å². The summed E-state index contributed by atoms with van der Waals surface area (Å²) in [5.74, 6) is 0.849. The van der Waals surface area contributed by atoms with Crippen LogP contribution in [0.4, 0.5) is 0 Å². The first-order chi connectivity index (χ1) is 7.76. The number of carbonyl (C=O) groups excluding carboxylic acids is 1. The number of hydrogen-bond donors (Lipinski definition) is 0. The highest BCUT2D eigenvalue weighted by molar-refractivity contribution is 6.33. The molecule has 1 aromatic carbocycles. The summed E-state index contributed by atoms with van der Waals surface area (Å²) in [5, 5.41) is 0.466. The second kappa shape index (κ2) is 4.49.